The van der Waals surface area contributed by atoms with E-state index >= 15 is 0 Å². The predicted octanol–water partition coefficient (Wildman–Crippen LogP) is 4.88. The Hall–Kier alpha value is -0.650. The summed E-state index contributed by atoms with van der Waals surface area (Å²) in [7, 11) is 0. The highest BCUT2D eigenvalue weighted by Gasteiger charge is 2.11. The van der Waals surface area contributed by atoms with Gasteiger partial charge >= 0.3 is 0 Å². The van der Waals surface area contributed by atoms with Crippen LogP contribution in [0, 0.1) is 5.82 Å². The summed E-state index contributed by atoms with van der Waals surface area (Å²) < 4.78 is 13.6. The van der Waals surface area contributed by atoms with Crippen molar-refractivity contribution >= 4 is 39.3 Å². The molecular formula is C12H9BrClFN2S. The van der Waals surface area contributed by atoms with Crippen molar-refractivity contribution in [2.24, 2.45) is 0 Å². The Kier molecular flexibility index (Phi) is 4.59. The van der Waals surface area contributed by atoms with Gasteiger partial charge in [-0.2, -0.15) is 0 Å². The number of halogens is 3. The number of hydrogen-bond donors (Lipinski definition) is 0. The smallest absolute Gasteiger partial charge is 0.174 e. The van der Waals surface area contributed by atoms with Gasteiger partial charge in [-0.25, -0.2) is 14.4 Å². The maximum atomic E-state index is 13.6. The van der Waals surface area contributed by atoms with Crippen LogP contribution in [0.2, 0.25) is 5.02 Å². The first-order chi connectivity index (χ1) is 8.56. The van der Waals surface area contributed by atoms with Crippen molar-refractivity contribution in [1.29, 1.82) is 0 Å². The Bertz CT molecular complexity index is 548. The molecule has 2 rings (SSSR count). The second kappa shape index (κ2) is 5.99. The summed E-state index contributed by atoms with van der Waals surface area (Å²) in [5.74, 6) is 0.139. The van der Waals surface area contributed by atoms with Gasteiger partial charge in [-0.1, -0.05) is 39.3 Å². The van der Waals surface area contributed by atoms with Crippen molar-refractivity contribution in [3.8, 4) is 0 Å². The average Bonchev–Trinajstić information content (AvgIpc) is 2.34. The van der Waals surface area contributed by atoms with Crippen LogP contribution in [0.25, 0.3) is 0 Å². The fourth-order valence-electron chi connectivity index (χ4n) is 1.24. The first-order valence-electron chi connectivity index (χ1n) is 5.16. The van der Waals surface area contributed by atoms with Gasteiger partial charge in [0, 0.05) is 9.92 Å². The zero-order valence-corrected chi connectivity index (χ0v) is 12.6. The lowest BCUT2D eigenvalue weighted by atomic mass is 10.4. The molecule has 94 valence electrons. The summed E-state index contributed by atoms with van der Waals surface area (Å²) in [6, 6.07) is 7.17. The molecule has 1 atom stereocenters. The van der Waals surface area contributed by atoms with E-state index in [2.05, 4.69) is 25.9 Å². The molecule has 0 radical (unpaired) electrons. The van der Waals surface area contributed by atoms with Gasteiger partial charge in [0.05, 0.1) is 11.0 Å². The molecule has 2 aromatic rings. The van der Waals surface area contributed by atoms with E-state index in [0.717, 1.165) is 4.90 Å². The van der Waals surface area contributed by atoms with Crippen LogP contribution in [0.1, 0.15) is 17.6 Å². The zero-order chi connectivity index (χ0) is 13.1. The third-order valence-electron chi connectivity index (χ3n) is 2.11. The maximum absolute atomic E-state index is 13.6. The minimum atomic E-state index is -0.424. The fourth-order valence-corrected chi connectivity index (χ4v) is 2.37. The molecule has 0 aliphatic heterocycles. The SMILES string of the molecule is CC(Br)c1ncc(F)c(Sc2ccc(Cl)cc2)n1. The van der Waals surface area contributed by atoms with Crippen molar-refractivity contribution in [1.82, 2.24) is 9.97 Å². The Morgan fingerprint density at radius 1 is 1.33 bits per heavy atom. The van der Waals surface area contributed by atoms with Gasteiger partial charge in [0.15, 0.2) is 5.82 Å². The Morgan fingerprint density at radius 3 is 2.61 bits per heavy atom. The number of rotatable bonds is 3. The highest BCUT2D eigenvalue weighted by atomic mass is 79.9. The van der Waals surface area contributed by atoms with E-state index in [9.17, 15) is 4.39 Å². The van der Waals surface area contributed by atoms with E-state index in [4.69, 9.17) is 11.6 Å². The van der Waals surface area contributed by atoms with Gasteiger partial charge < -0.3 is 0 Å². The largest absolute Gasteiger partial charge is 0.237 e. The molecule has 0 aliphatic rings. The fraction of sp³-hybridized carbons (Fsp3) is 0.167. The molecule has 0 saturated heterocycles. The molecule has 1 aromatic heterocycles. The Labute approximate surface area is 122 Å². The van der Waals surface area contributed by atoms with Crippen molar-refractivity contribution in [2.45, 2.75) is 21.7 Å². The molecule has 0 N–H and O–H groups in total. The van der Waals surface area contributed by atoms with Crippen LogP contribution < -0.4 is 0 Å². The van der Waals surface area contributed by atoms with Gasteiger partial charge in [-0.3, -0.25) is 0 Å². The summed E-state index contributed by atoms with van der Waals surface area (Å²) in [6.45, 7) is 1.89. The van der Waals surface area contributed by atoms with Gasteiger partial charge in [0.2, 0.25) is 0 Å². The predicted molar refractivity (Wildman–Crippen MR) is 74.9 cm³/mol. The number of nitrogens with zero attached hydrogens (tertiary/aromatic N) is 2. The molecule has 0 aliphatic carbocycles. The third-order valence-corrected chi connectivity index (χ3v) is 3.76. The molecule has 0 fully saturated rings. The standard InChI is InChI=1S/C12H9BrClFN2S/c1-7(13)11-16-6-10(15)12(17-11)18-9-4-2-8(14)3-5-9/h2-7H,1H3. The lowest BCUT2D eigenvalue weighted by Crippen LogP contribution is -1.98. The molecule has 1 heterocycles. The first kappa shape index (κ1) is 13.8. The first-order valence-corrected chi connectivity index (χ1v) is 7.27. The molecular weight excluding hydrogens is 339 g/mol. The van der Waals surface area contributed by atoms with Crippen molar-refractivity contribution < 1.29 is 4.39 Å². The van der Waals surface area contributed by atoms with Gasteiger partial charge in [-0.05, 0) is 31.2 Å². The molecule has 2 nitrogen and oxygen atoms in total. The summed E-state index contributed by atoms with van der Waals surface area (Å²) in [5.41, 5.74) is 0. The summed E-state index contributed by atoms with van der Waals surface area (Å²) in [5, 5.41) is 0.964. The van der Waals surface area contributed by atoms with Crippen LogP contribution in [0.4, 0.5) is 4.39 Å². The molecule has 0 saturated carbocycles. The van der Waals surface area contributed by atoms with Gasteiger partial charge in [-0.15, -0.1) is 0 Å². The number of benzene rings is 1. The summed E-state index contributed by atoms with van der Waals surface area (Å²) in [6.07, 6.45) is 1.19. The molecule has 0 bridgehead atoms. The second-order valence-corrected chi connectivity index (χ2v) is 6.43. The summed E-state index contributed by atoms with van der Waals surface area (Å²) in [4.78, 5) is 8.98. The molecule has 6 heteroatoms. The minimum absolute atomic E-state index is 0.0114. The number of hydrogen-bond acceptors (Lipinski definition) is 3. The van der Waals surface area contributed by atoms with E-state index < -0.39 is 5.82 Å². The normalized spacial score (nSPS) is 12.4. The van der Waals surface area contributed by atoms with Crippen molar-refractivity contribution in [2.75, 3.05) is 0 Å². The van der Waals surface area contributed by atoms with Crippen LogP contribution in [0.15, 0.2) is 40.4 Å². The Balaban J connectivity index is 2.27. The highest BCUT2D eigenvalue weighted by molar-refractivity contribution is 9.09. The molecule has 0 amide bonds. The second-order valence-electron chi connectivity index (χ2n) is 3.55. The number of alkyl halides is 1. The Morgan fingerprint density at radius 2 is 2.00 bits per heavy atom. The molecule has 0 spiro atoms. The zero-order valence-electron chi connectivity index (χ0n) is 9.40. The maximum Gasteiger partial charge on any atom is 0.174 e. The quantitative estimate of drug-likeness (QED) is 0.585. The number of aromatic nitrogens is 2. The lowest BCUT2D eigenvalue weighted by Gasteiger charge is -2.06. The van der Waals surface area contributed by atoms with E-state index in [0.29, 0.717) is 15.9 Å². The average molecular weight is 348 g/mol. The monoisotopic (exact) mass is 346 g/mol. The molecule has 18 heavy (non-hydrogen) atoms. The van der Waals surface area contributed by atoms with E-state index in [1.54, 1.807) is 12.1 Å². The van der Waals surface area contributed by atoms with Gasteiger partial charge in [0.1, 0.15) is 10.9 Å². The minimum Gasteiger partial charge on any atom is -0.237 e. The van der Waals surface area contributed by atoms with E-state index in [1.165, 1.54) is 18.0 Å². The van der Waals surface area contributed by atoms with Gasteiger partial charge in [0.25, 0.3) is 0 Å². The molecule has 1 unspecified atom stereocenters. The third kappa shape index (κ3) is 3.43. The van der Waals surface area contributed by atoms with Crippen molar-refractivity contribution in [3.05, 3.63) is 47.1 Å². The lowest BCUT2D eigenvalue weighted by molar-refractivity contribution is 0.572. The van der Waals surface area contributed by atoms with Crippen LogP contribution in [0.3, 0.4) is 0 Å². The van der Waals surface area contributed by atoms with Crippen LogP contribution >= 0.6 is 39.3 Å². The van der Waals surface area contributed by atoms with Crippen LogP contribution in [-0.4, -0.2) is 9.97 Å². The van der Waals surface area contributed by atoms with E-state index in [-0.39, 0.29) is 4.83 Å². The summed E-state index contributed by atoms with van der Waals surface area (Å²) >= 11 is 10.4. The van der Waals surface area contributed by atoms with Crippen LogP contribution in [0.5, 0.6) is 0 Å². The highest BCUT2D eigenvalue weighted by Crippen LogP contribution is 2.30. The van der Waals surface area contributed by atoms with Crippen molar-refractivity contribution in [3.63, 3.8) is 0 Å². The van der Waals surface area contributed by atoms with Crippen LogP contribution in [-0.2, 0) is 0 Å². The molecule has 1 aromatic carbocycles. The van der Waals surface area contributed by atoms with E-state index in [1.807, 2.05) is 19.1 Å². The topological polar surface area (TPSA) is 25.8 Å².